The number of phenolic OH excluding ortho intramolecular Hbond substituents is 1. The summed E-state index contributed by atoms with van der Waals surface area (Å²) in [5, 5.41) is 21.2. The minimum Gasteiger partial charge on any atom is -0.507 e. The van der Waals surface area contributed by atoms with Gasteiger partial charge in [-0.2, -0.15) is 0 Å². The molecule has 6 N–H and O–H groups in total. The van der Waals surface area contributed by atoms with E-state index in [1.54, 1.807) is 30.5 Å². The molecular formula is C28H27N11O2. The maximum atomic E-state index is 12.4. The van der Waals surface area contributed by atoms with Crippen LogP contribution in [-0.4, -0.2) is 73.9 Å². The van der Waals surface area contributed by atoms with E-state index in [1.807, 2.05) is 18.2 Å². The molecule has 5 rings (SSSR count). The van der Waals surface area contributed by atoms with Crippen LogP contribution in [0.2, 0.25) is 0 Å². The van der Waals surface area contributed by atoms with E-state index in [-0.39, 0.29) is 23.7 Å². The molecule has 13 heteroatoms. The van der Waals surface area contributed by atoms with Gasteiger partial charge in [0.15, 0.2) is 11.6 Å². The van der Waals surface area contributed by atoms with Gasteiger partial charge in [0.1, 0.15) is 11.6 Å². The monoisotopic (exact) mass is 549 g/mol. The van der Waals surface area contributed by atoms with E-state index in [2.05, 4.69) is 57.1 Å². The molecule has 1 aromatic carbocycles. The van der Waals surface area contributed by atoms with Crippen molar-refractivity contribution in [3.63, 3.8) is 0 Å². The van der Waals surface area contributed by atoms with Crippen molar-refractivity contribution in [3.05, 3.63) is 78.9 Å². The van der Waals surface area contributed by atoms with E-state index in [9.17, 15) is 9.90 Å². The molecule has 3 aromatic heterocycles. The lowest BCUT2D eigenvalue weighted by molar-refractivity contribution is -0.115. The third kappa shape index (κ3) is 6.28. The number of anilines is 3. The highest BCUT2D eigenvalue weighted by molar-refractivity contribution is 6.18. The van der Waals surface area contributed by atoms with E-state index >= 15 is 0 Å². The molecule has 4 heterocycles. The first-order valence-electron chi connectivity index (χ1n) is 12.7. The predicted molar refractivity (Wildman–Crippen MR) is 154 cm³/mol. The minimum atomic E-state index is -0.432. The Morgan fingerprint density at radius 3 is 2.51 bits per heavy atom. The standard InChI is InChI=1S/C28H27N11O2/c29-18-20(27-32-10-4-11-33-27)28(41)34-9-3-7-24-31-12-8-25(35-24)39-15-13-38(14-16-39)22-17-21(36-37-26(22)30)19-5-1-2-6-23(19)40/h1-2,4-6,8,10-12,17-18,40H,9,13-16,29H2,(H2,30,37)(H,34,41)/b20-18+. The summed E-state index contributed by atoms with van der Waals surface area (Å²) >= 11 is 0. The number of nitrogens with zero attached hydrogens (tertiary/aromatic N) is 8. The van der Waals surface area contributed by atoms with Gasteiger partial charge in [0.25, 0.3) is 5.91 Å². The number of rotatable bonds is 6. The second-order valence-corrected chi connectivity index (χ2v) is 8.87. The van der Waals surface area contributed by atoms with Crippen molar-refractivity contribution >= 4 is 28.8 Å². The predicted octanol–water partition coefficient (Wildman–Crippen LogP) is 0.806. The molecule has 1 saturated heterocycles. The Hall–Kier alpha value is -5.77. The molecule has 0 atom stereocenters. The van der Waals surface area contributed by atoms with Crippen molar-refractivity contribution in [1.29, 1.82) is 0 Å². The highest BCUT2D eigenvalue weighted by atomic mass is 16.3. The molecule has 1 amide bonds. The first-order chi connectivity index (χ1) is 20.0. The summed E-state index contributed by atoms with van der Waals surface area (Å²) in [5.41, 5.74) is 13.8. The fraction of sp³-hybridized carbons (Fsp3) is 0.179. The number of hydrogen-bond acceptors (Lipinski definition) is 12. The van der Waals surface area contributed by atoms with Crippen molar-refractivity contribution in [3.8, 4) is 28.8 Å². The third-order valence-corrected chi connectivity index (χ3v) is 6.32. The zero-order valence-corrected chi connectivity index (χ0v) is 22.0. The van der Waals surface area contributed by atoms with Gasteiger partial charge in [0, 0.05) is 56.5 Å². The molecule has 1 aliphatic heterocycles. The molecule has 0 spiro atoms. The molecule has 13 nitrogen and oxygen atoms in total. The number of carbonyl (C=O) groups excluding carboxylic acids is 1. The lowest BCUT2D eigenvalue weighted by atomic mass is 10.1. The number of aromatic nitrogens is 6. The molecule has 0 aliphatic carbocycles. The van der Waals surface area contributed by atoms with Crippen molar-refractivity contribution in [2.24, 2.45) is 5.73 Å². The maximum Gasteiger partial charge on any atom is 0.257 e. The van der Waals surface area contributed by atoms with Crippen LogP contribution in [0.1, 0.15) is 11.6 Å². The topological polar surface area (TPSA) is 185 Å². The SMILES string of the molecule is N/C=C(/C(=O)NCC#Cc1nccc(N2CCN(c3cc(-c4ccccc4O)nnc3N)CC2)n1)c1ncccn1. The highest BCUT2D eigenvalue weighted by Crippen LogP contribution is 2.31. The van der Waals surface area contributed by atoms with E-state index in [1.165, 1.54) is 12.4 Å². The first kappa shape index (κ1) is 26.8. The van der Waals surface area contributed by atoms with Crippen molar-refractivity contribution in [2.75, 3.05) is 48.3 Å². The average molecular weight is 550 g/mol. The van der Waals surface area contributed by atoms with Crippen LogP contribution < -0.4 is 26.6 Å². The summed E-state index contributed by atoms with van der Waals surface area (Å²) < 4.78 is 0. The van der Waals surface area contributed by atoms with Gasteiger partial charge >= 0.3 is 0 Å². The molecule has 0 radical (unpaired) electrons. The van der Waals surface area contributed by atoms with Crippen LogP contribution in [0.4, 0.5) is 17.3 Å². The summed E-state index contributed by atoms with van der Waals surface area (Å²) in [4.78, 5) is 33.6. The molecule has 4 aromatic rings. The van der Waals surface area contributed by atoms with Gasteiger partial charge < -0.3 is 31.7 Å². The van der Waals surface area contributed by atoms with Crippen LogP contribution in [0.3, 0.4) is 0 Å². The van der Waals surface area contributed by atoms with Gasteiger partial charge in [-0.3, -0.25) is 4.79 Å². The molecule has 0 unspecified atom stereocenters. The largest absolute Gasteiger partial charge is 0.507 e. The molecular weight excluding hydrogens is 522 g/mol. The fourth-order valence-electron chi connectivity index (χ4n) is 4.26. The lowest BCUT2D eigenvalue weighted by Gasteiger charge is -2.36. The van der Waals surface area contributed by atoms with E-state index in [0.29, 0.717) is 49.1 Å². The maximum absolute atomic E-state index is 12.4. The summed E-state index contributed by atoms with van der Waals surface area (Å²) in [5.74, 6) is 7.10. The summed E-state index contributed by atoms with van der Waals surface area (Å²) in [6, 6.07) is 12.3. The van der Waals surface area contributed by atoms with Crippen molar-refractivity contribution in [2.45, 2.75) is 0 Å². The molecule has 1 fully saturated rings. The molecule has 41 heavy (non-hydrogen) atoms. The fourth-order valence-corrected chi connectivity index (χ4v) is 4.26. The molecule has 206 valence electrons. The van der Waals surface area contributed by atoms with Crippen molar-refractivity contribution in [1.82, 2.24) is 35.5 Å². The Bertz CT molecular complexity index is 1630. The average Bonchev–Trinajstić information content (AvgIpc) is 3.01. The highest BCUT2D eigenvalue weighted by Gasteiger charge is 2.22. The number of hydrogen-bond donors (Lipinski definition) is 4. The van der Waals surface area contributed by atoms with Gasteiger partial charge in [-0.1, -0.05) is 18.1 Å². The second kappa shape index (κ2) is 12.4. The molecule has 1 aliphatic rings. The van der Waals surface area contributed by atoms with Gasteiger partial charge in [-0.05, 0) is 36.3 Å². The zero-order chi connectivity index (χ0) is 28.6. The summed E-state index contributed by atoms with van der Waals surface area (Å²) in [7, 11) is 0. The van der Waals surface area contributed by atoms with Gasteiger partial charge in [0.05, 0.1) is 23.5 Å². The number of piperazine rings is 1. The smallest absolute Gasteiger partial charge is 0.257 e. The number of nitrogen functional groups attached to an aromatic ring is 1. The normalized spacial score (nSPS) is 13.3. The Morgan fingerprint density at radius 1 is 1.00 bits per heavy atom. The Morgan fingerprint density at radius 2 is 1.76 bits per heavy atom. The number of nitrogens with two attached hydrogens (primary N) is 2. The number of amides is 1. The number of para-hydroxylation sites is 1. The minimum absolute atomic E-state index is 0.0689. The van der Waals surface area contributed by atoms with Crippen LogP contribution in [-0.2, 0) is 4.79 Å². The zero-order valence-electron chi connectivity index (χ0n) is 22.0. The van der Waals surface area contributed by atoms with Crippen LogP contribution >= 0.6 is 0 Å². The van der Waals surface area contributed by atoms with Crippen LogP contribution in [0.15, 0.2) is 67.3 Å². The van der Waals surface area contributed by atoms with Crippen LogP contribution in [0.5, 0.6) is 5.75 Å². The van der Waals surface area contributed by atoms with Gasteiger partial charge in [-0.25, -0.2) is 19.9 Å². The Kier molecular flexibility index (Phi) is 8.11. The Balaban J connectivity index is 1.19. The number of benzene rings is 1. The van der Waals surface area contributed by atoms with E-state index in [4.69, 9.17) is 11.5 Å². The van der Waals surface area contributed by atoms with Gasteiger partial charge in [-0.15, -0.1) is 10.2 Å². The molecule has 0 bridgehead atoms. The third-order valence-electron chi connectivity index (χ3n) is 6.32. The van der Waals surface area contributed by atoms with Crippen LogP contribution in [0, 0.1) is 11.8 Å². The first-order valence-corrected chi connectivity index (χ1v) is 12.7. The molecule has 0 saturated carbocycles. The lowest BCUT2D eigenvalue weighted by Crippen LogP contribution is -2.47. The Labute approximate surface area is 236 Å². The second-order valence-electron chi connectivity index (χ2n) is 8.87. The number of nitrogens with one attached hydrogen (secondary N) is 1. The summed E-state index contributed by atoms with van der Waals surface area (Å²) in [6.45, 7) is 2.79. The summed E-state index contributed by atoms with van der Waals surface area (Å²) in [6.07, 6.45) is 5.88. The number of phenols is 1. The number of carbonyl (C=O) groups is 1. The van der Waals surface area contributed by atoms with Gasteiger partial charge in [0.2, 0.25) is 5.82 Å². The van der Waals surface area contributed by atoms with E-state index in [0.717, 1.165) is 17.7 Å². The van der Waals surface area contributed by atoms with Crippen molar-refractivity contribution < 1.29 is 9.90 Å². The quantitative estimate of drug-likeness (QED) is 0.196. The van der Waals surface area contributed by atoms with E-state index < -0.39 is 5.91 Å². The van der Waals surface area contributed by atoms with Crippen LogP contribution in [0.25, 0.3) is 16.8 Å². The number of aromatic hydroxyl groups is 1.